The van der Waals surface area contributed by atoms with Gasteiger partial charge in [0.1, 0.15) is 5.69 Å². The minimum Gasteiger partial charge on any atom is -0.459 e. The highest BCUT2D eigenvalue weighted by Crippen LogP contribution is 2.24. The van der Waals surface area contributed by atoms with E-state index in [2.05, 4.69) is 15.7 Å². The van der Waals surface area contributed by atoms with Gasteiger partial charge in [0.15, 0.2) is 5.76 Å². The summed E-state index contributed by atoms with van der Waals surface area (Å²) in [6.45, 7) is 2.56. The second-order valence-corrected chi connectivity index (χ2v) is 7.03. The van der Waals surface area contributed by atoms with Gasteiger partial charge in [0.05, 0.1) is 17.5 Å². The Morgan fingerprint density at radius 1 is 0.903 bits per heavy atom. The molecule has 2 heterocycles. The minimum atomic E-state index is -0.323. The van der Waals surface area contributed by atoms with Gasteiger partial charge in [0.2, 0.25) is 0 Å². The number of hydrogen-bond acceptors (Lipinski definition) is 4. The second kappa shape index (κ2) is 9.13. The molecule has 2 aromatic heterocycles. The van der Waals surface area contributed by atoms with E-state index in [-0.39, 0.29) is 30.7 Å². The van der Waals surface area contributed by atoms with E-state index < -0.39 is 0 Å². The Morgan fingerprint density at radius 3 is 2.29 bits per heavy atom. The van der Waals surface area contributed by atoms with Crippen LogP contribution in [0.5, 0.6) is 0 Å². The molecule has 7 nitrogen and oxygen atoms in total. The molecule has 156 valence electrons. The van der Waals surface area contributed by atoms with E-state index in [0.29, 0.717) is 11.3 Å². The van der Waals surface area contributed by atoms with Gasteiger partial charge < -0.3 is 15.1 Å². The smallest absolute Gasteiger partial charge is 0.287 e. The van der Waals surface area contributed by atoms with Crippen LogP contribution in [-0.4, -0.2) is 34.7 Å². The molecule has 0 aliphatic carbocycles. The Kier molecular flexibility index (Phi) is 5.93. The molecule has 4 rings (SSSR count). The van der Waals surface area contributed by atoms with Crippen LogP contribution in [0.15, 0.2) is 83.6 Å². The molecule has 2 N–H and O–H groups in total. The quantitative estimate of drug-likeness (QED) is 0.452. The van der Waals surface area contributed by atoms with Crippen LogP contribution in [-0.2, 0) is 0 Å². The van der Waals surface area contributed by atoms with Crippen LogP contribution in [0, 0.1) is 6.92 Å². The highest BCUT2D eigenvalue weighted by Gasteiger charge is 2.18. The van der Waals surface area contributed by atoms with Gasteiger partial charge in [-0.2, -0.15) is 5.10 Å². The largest absolute Gasteiger partial charge is 0.459 e. The number of benzene rings is 2. The third-order valence-corrected chi connectivity index (χ3v) is 4.75. The standard InChI is InChI=1S/C24H22N4O3/c1-17-9-11-18(12-10-17)22-20(16-28(27-22)19-6-3-2-4-7-19)23(29)25-13-14-26-24(30)21-8-5-15-31-21/h2-12,15-16H,13-14H2,1H3,(H,25,29)(H,26,30). The number of aromatic nitrogens is 2. The minimum absolute atomic E-state index is 0.233. The molecule has 0 saturated heterocycles. The van der Waals surface area contributed by atoms with Crippen LogP contribution in [0.4, 0.5) is 0 Å². The second-order valence-electron chi connectivity index (χ2n) is 7.03. The fourth-order valence-corrected chi connectivity index (χ4v) is 3.12. The predicted molar refractivity (Wildman–Crippen MR) is 117 cm³/mol. The predicted octanol–water partition coefficient (Wildman–Crippen LogP) is 3.60. The number of carbonyl (C=O) groups is 2. The van der Waals surface area contributed by atoms with Gasteiger partial charge in [-0.15, -0.1) is 0 Å². The lowest BCUT2D eigenvalue weighted by molar-refractivity contribution is 0.0911. The van der Waals surface area contributed by atoms with Gasteiger partial charge in [-0.3, -0.25) is 9.59 Å². The Hall–Kier alpha value is -4.13. The maximum Gasteiger partial charge on any atom is 0.287 e. The van der Waals surface area contributed by atoms with Gasteiger partial charge in [-0.05, 0) is 31.2 Å². The summed E-state index contributed by atoms with van der Waals surface area (Å²) in [6.07, 6.45) is 3.16. The van der Waals surface area contributed by atoms with E-state index in [1.54, 1.807) is 23.0 Å². The molecule has 0 spiro atoms. The summed E-state index contributed by atoms with van der Waals surface area (Å²) in [7, 11) is 0. The van der Waals surface area contributed by atoms with Crippen molar-refractivity contribution in [1.29, 1.82) is 0 Å². The molecule has 2 aromatic carbocycles. The average Bonchev–Trinajstić information content (AvgIpc) is 3.48. The van der Waals surface area contributed by atoms with Crippen molar-refractivity contribution in [2.24, 2.45) is 0 Å². The Labute approximate surface area is 179 Å². The van der Waals surface area contributed by atoms with E-state index in [9.17, 15) is 9.59 Å². The highest BCUT2D eigenvalue weighted by molar-refractivity contribution is 6.00. The third kappa shape index (κ3) is 4.72. The monoisotopic (exact) mass is 414 g/mol. The van der Waals surface area contributed by atoms with Crippen LogP contribution in [0.3, 0.4) is 0 Å². The van der Waals surface area contributed by atoms with Crippen molar-refractivity contribution in [3.05, 3.63) is 96.1 Å². The topological polar surface area (TPSA) is 89.2 Å². The Balaban J connectivity index is 1.50. The van der Waals surface area contributed by atoms with Gasteiger partial charge >= 0.3 is 0 Å². The van der Waals surface area contributed by atoms with Crippen molar-refractivity contribution in [3.8, 4) is 16.9 Å². The number of amides is 2. The molecule has 4 aromatic rings. The van der Waals surface area contributed by atoms with Crippen molar-refractivity contribution in [3.63, 3.8) is 0 Å². The van der Waals surface area contributed by atoms with Gasteiger partial charge in [-0.1, -0.05) is 48.0 Å². The lowest BCUT2D eigenvalue weighted by atomic mass is 10.1. The van der Waals surface area contributed by atoms with E-state index in [0.717, 1.165) is 16.8 Å². The molecule has 31 heavy (non-hydrogen) atoms. The zero-order valence-electron chi connectivity index (χ0n) is 17.0. The molecular formula is C24H22N4O3. The number of furan rings is 1. The zero-order valence-corrected chi connectivity index (χ0v) is 17.0. The van der Waals surface area contributed by atoms with Gasteiger partial charge in [0.25, 0.3) is 11.8 Å². The maximum absolute atomic E-state index is 12.9. The summed E-state index contributed by atoms with van der Waals surface area (Å²) < 4.78 is 6.75. The highest BCUT2D eigenvalue weighted by atomic mass is 16.3. The first-order chi connectivity index (χ1) is 15.1. The fraction of sp³-hybridized carbons (Fsp3) is 0.125. The van der Waals surface area contributed by atoms with Crippen molar-refractivity contribution < 1.29 is 14.0 Å². The summed E-state index contributed by atoms with van der Waals surface area (Å²) in [5.41, 5.74) is 3.91. The summed E-state index contributed by atoms with van der Waals surface area (Å²) in [6, 6.07) is 20.7. The van der Waals surface area contributed by atoms with Crippen molar-refractivity contribution in [2.75, 3.05) is 13.1 Å². The molecule has 0 aliphatic heterocycles. The van der Waals surface area contributed by atoms with E-state index in [1.165, 1.54) is 6.26 Å². The number of rotatable bonds is 7. The molecule has 0 aliphatic rings. The van der Waals surface area contributed by atoms with Crippen LogP contribution in [0.1, 0.15) is 26.5 Å². The number of hydrogen-bond donors (Lipinski definition) is 2. The lowest BCUT2D eigenvalue weighted by Crippen LogP contribution is -2.34. The van der Waals surface area contributed by atoms with Crippen molar-refractivity contribution in [2.45, 2.75) is 6.92 Å². The average molecular weight is 414 g/mol. The maximum atomic E-state index is 12.9. The van der Waals surface area contributed by atoms with E-state index in [4.69, 9.17) is 4.42 Å². The summed E-state index contributed by atoms with van der Waals surface area (Å²) >= 11 is 0. The number of para-hydroxylation sites is 1. The first-order valence-electron chi connectivity index (χ1n) is 9.94. The van der Waals surface area contributed by atoms with E-state index >= 15 is 0 Å². The number of carbonyl (C=O) groups excluding carboxylic acids is 2. The van der Waals surface area contributed by atoms with Crippen LogP contribution < -0.4 is 10.6 Å². The molecule has 2 amide bonds. The zero-order chi connectivity index (χ0) is 21.6. The first kappa shape index (κ1) is 20.2. The number of aryl methyl sites for hydroxylation is 1. The molecule has 0 unspecified atom stereocenters. The van der Waals surface area contributed by atoms with Crippen LogP contribution in [0.25, 0.3) is 16.9 Å². The lowest BCUT2D eigenvalue weighted by Gasteiger charge is -2.06. The molecular weight excluding hydrogens is 392 g/mol. The summed E-state index contributed by atoms with van der Waals surface area (Å²) in [5, 5.41) is 10.2. The van der Waals surface area contributed by atoms with Crippen LogP contribution in [0.2, 0.25) is 0 Å². The molecule has 0 bridgehead atoms. The molecule has 7 heteroatoms. The Bertz CT molecular complexity index is 1160. The van der Waals surface area contributed by atoms with Crippen molar-refractivity contribution in [1.82, 2.24) is 20.4 Å². The molecule has 0 radical (unpaired) electrons. The SMILES string of the molecule is Cc1ccc(-c2nn(-c3ccccc3)cc2C(=O)NCCNC(=O)c2ccco2)cc1. The molecule has 0 saturated carbocycles. The fourth-order valence-electron chi connectivity index (χ4n) is 3.12. The van der Waals surface area contributed by atoms with Crippen LogP contribution >= 0.6 is 0 Å². The summed E-state index contributed by atoms with van der Waals surface area (Å²) in [4.78, 5) is 24.8. The summed E-state index contributed by atoms with van der Waals surface area (Å²) in [5.74, 6) is -0.349. The van der Waals surface area contributed by atoms with Crippen molar-refractivity contribution >= 4 is 11.8 Å². The number of nitrogens with one attached hydrogen (secondary N) is 2. The first-order valence-corrected chi connectivity index (χ1v) is 9.94. The normalized spacial score (nSPS) is 10.6. The molecule has 0 fully saturated rings. The van der Waals surface area contributed by atoms with Gasteiger partial charge in [0, 0.05) is 24.8 Å². The van der Waals surface area contributed by atoms with Gasteiger partial charge in [-0.25, -0.2) is 4.68 Å². The third-order valence-electron chi connectivity index (χ3n) is 4.75. The van der Waals surface area contributed by atoms with E-state index in [1.807, 2.05) is 61.5 Å². The Morgan fingerprint density at radius 2 is 1.61 bits per heavy atom. The number of nitrogens with zero attached hydrogens (tertiary/aromatic N) is 2. The molecule has 0 atom stereocenters.